The molecule has 4 nitrogen and oxygen atoms in total. The molecule has 0 spiro atoms. The molecule has 1 aromatic carbocycles. The lowest BCUT2D eigenvalue weighted by atomic mass is 9.86. The van der Waals surface area contributed by atoms with Crippen LogP contribution in [0.25, 0.3) is 0 Å². The molecule has 1 aliphatic rings. The van der Waals surface area contributed by atoms with Gasteiger partial charge >= 0.3 is 0 Å². The number of carbonyl (C=O) groups excluding carboxylic acids is 1. The zero-order chi connectivity index (χ0) is 17.4. The van der Waals surface area contributed by atoms with Crippen molar-refractivity contribution in [1.29, 1.82) is 0 Å². The average Bonchev–Trinajstić information content (AvgIpc) is 2.57. The van der Waals surface area contributed by atoms with Crippen LogP contribution in [0.1, 0.15) is 39.0 Å². The minimum atomic E-state index is -0.255. The highest BCUT2D eigenvalue weighted by Crippen LogP contribution is 2.23. The van der Waals surface area contributed by atoms with Crippen molar-refractivity contribution in [2.45, 2.75) is 50.0 Å². The summed E-state index contributed by atoms with van der Waals surface area (Å²) in [6, 6.07) is 6.63. The van der Waals surface area contributed by atoms with Gasteiger partial charge in [-0.15, -0.1) is 11.8 Å². The summed E-state index contributed by atoms with van der Waals surface area (Å²) in [6.07, 6.45) is 5.19. The molecule has 0 saturated heterocycles. The van der Waals surface area contributed by atoms with Crippen molar-refractivity contribution in [2.75, 3.05) is 5.75 Å². The van der Waals surface area contributed by atoms with Crippen LogP contribution in [0.2, 0.25) is 0 Å². The summed E-state index contributed by atoms with van der Waals surface area (Å²) in [5, 5.41) is 3.74. The van der Waals surface area contributed by atoms with Gasteiger partial charge < -0.3 is 5.32 Å². The molecule has 132 valence electrons. The Morgan fingerprint density at radius 1 is 1.25 bits per heavy atom. The molecular formula is C17H24FN3OS2. The van der Waals surface area contributed by atoms with E-state index in [2.05, 4.69) is 23.1 Å². The van der Waals surface area contributed by atoms with Crippen molar-refractivity contribution in [2.24, 2.45) is 5.92 Å². The van der Waals surface area contributed by atoms with E-state index in [0.717, 1.165) is 11.3 Å². The van der Waals surface area contributed by atoms with E-state index >= 15 is 0 Å². The summed E-state index contributed by atoms with van der Waals surface area (Å²) >= 11 is 6.75. The first-order valence-electron chi connectivity index (χ1n) is 8.28. The minimum absolute atomic E-state index is 0.120. The van der Waals surface area contributed by atoms with Crippen molar-refractivity contribution < 1.29 is 9.18 Å². The van der Waals surface area contributed by atoms with Gasteiger partial charge in [0.15, 0.2) is 5.11 Å². The number of hydrazine groups is 1. The molecule has 0 radical (unpaired) electrons. The van der Waals surface area contributed by atoms with Crippen LogP contribution in [-0.2, 0) is 4.79 Å². The third-order valence-electron chi connectivity index (χ3n) is 4.15. The Kier molecular flexibility index (Phi) is 7.78. The molecular weight excluding hydrogens is 345 g/mol. The Labute approximate surface area is 152 Å². The van der Waals surface area contributed by atoms with Gasteiger partial charge in [-0.1, -0.05) is 19.8 Å². The number of benzene rings is 1. The van der Waals surface area contributed by atoms with Gasteiger partial charge in [0.1, 0.15) is 5.82 Å². The van der Waals surface area contributed by atoms with Crippen molar-refractivity contribution in [3.8, 4) is 0 Å². The van der Waals surface area contributed by atoms with E-state index in [1.807, 2.05) is 0 Å². The fraction of sp³-hybridized carbons (Fsp3) is 0.529. The molecule has 24 heavy (non-hydrogen) atoms. The van der Waals surface area contributed by atoms with E-state index in [4.69, 9.17) is 12.2 Å². The summed E-state index contributed by atoms with van der Waals surface area (Å²) in [5.74, 6) is 0.847. The molecule has 0 unspecified atom stereocenters. The fourth-order valence-corrected chi connectivity index (χ4v) is 3.77. The minimum Gasteiger partial charge on any atom is -0.358 e. The Morgan fingerprint density at radius 2 is 1.96 bits per heavy atom. The first kappa shape index (κ1) is 19.0. The van der Waals surface area contributed by atoms with Crippen LogP contribution in [0.4, 0.5) is 4.39 Å². The Morgan fingerprint density at radius 3 is 2.67 bits per heavy atom. The SMILES string of the molecule is C[C@H]1CCCC[C@@H]1NC(=S)NNC(=O)CCSc1ccc(F)cc1. The number of hydrogen-bond donors (Lipinski definition) is 3. The summed E-state index contributed by atoms with van der Waals surface area (Å²) < 4.78 is 12.8. The smallest absolute Gasteiger partial charge is 0.239 e. The van der Waals surface area contributed by atoms with Crippen LogP contribution in [0.15, 0.2) is 29.2 Å². The van der Waals surface area contributed by atoms with Crippen molar-refractivity contribution in [1.82, 2.24) is 16.2 Å². The molecule has 2 rings (SSSR count). The highest BCUT2D eigenvalue weighted by molar-refractivity contribution is 7.99. The van der Waals surface area contributed by atoms with E-state index < -0.39 is 0 Å². The monoisotopic (exact) mass is 369 g/mol. The molecule has 1 saturated carbocycles. The van der Waals surface area contributed by atoms with Crippen LogP contribution in [-0.4, -0.2) is 22.8 Å². The summed E-state index contributed by atoms with van der Waals surface area (Å²) in [7, 11) is 0. The molecule has 1 aromatic rings. The second-order valence-electron chi connectivity index (χ2n) is 6.07. The van der Waals surface area contributed by atoms with E-state index in [9.17, 15) is 9.18 Å². The topological polar surface area (TPSA) is 53.2 Å². The van der Waals surface area contributed by atoms with E-state index in [-0.39, 0.29) is 11.7 Å². The molecule has 7 heteroatoms. The van der Waals surface area contributed by atoms with E-state index in [1.165, 1.54) is 43.2 Å². The molecule has 0 bridgehead atoms. The highest BCUT2D eigenvalue weighted by atomic mass is 32.2. The van der Waals surface area contributed by atoms with Crippen LogP contribution >= 0.6 is 24.0 Å². The molecule has 0 heterocycles. The number of thiocarbonyl (C=S) groups is 1. The van der Waals surface area contributed by atoms with Crippen molar-refractivity contribution in [3.05, 3.63) is 30.1 Å². The van der Waals surface area contributed by atoms with E-state index in [0.29, 0.717) is 29.2 Å². The molecule has 0 aromatic heterocycles. The molecule has 2 atom stereocenters. The van der Waals surface area contributed by atoms with Gasteiger partial charge in [0.25, 0.3) is 0 Å². The number of amides is 1. The van der Waals surface area contributed by atoms with Crippen LogP contribution < -0.4 is 16.2 Å². The van der Waals surface area contributed by atoms with Gasteiger partial charge in [0.05, 0.1) is 0 Å². The maximum absolute atomic E-state index is 12.8. The fourth-order valence-electron chi connectivity index (χ4n) is 2.72. The highest BCUT2D eigenvalue weighted by Gasteiger charge is 2.21. The summed E-state index contributed by atoms with van der Waals surface area (Å²) in [5.41, 5.74) is 5.38. The lowest BCUT2D eigenvalue weighted by molar-refractivity contribution is -0.121. The maximum Gasteiger partial charge on any atom is 0.239 e. The van der Waals surface area contributed by atoms with Crippen LogP contribution in [0, 0.1) is 11.7 Å². The second-order valence-corrected chi connectivity index (χ2v) is 7.64. The molecule has 1 fully saturated rings. The molecule has 3 N–H and O–H groups in total. The standard InChI is InChI=1S/C17H24FN3OS2/c1-12-4-2-3-5-15(12)19-17(23)21-20-16(22)10-11-24-14-8-6-13(18)7-9-14/h6-9,12,15H,2-5,10-11H2,1H3,(H,20,22)(H2,19,21,23)/t12-,15-/m0/s1. The van der Waals surface area contributed by atoms with Crippen molar-refractivity contribution in [3.63, 3.8) is 0 Å². The maximum atomic E-state index is 12.8. The van der Waals surface area contributed by atoms with Gasteiger partial charge in [-0.2, -0.15) is 0 Å². The molecule has 1 amide bonds. The Balaban J connectivity index is 1.60. The first-order chi connectivity index (χ1) is 11.5. The largest absolute Gasteiger partial charge is 0.358 e. The van der Waals surface area contributed by atoms with Crippen LogP contribution in [0.5, 0.6) is 0 Å². The first-order valence-corrected chi connectivity index (χ1v) is 9.67. The van der Waals surface area contributed by atoms with Crippen LogP contribution in [0.3, 0.4) is 0 Å². The lowest BCUT2D eigenvalue weighted by Gasteiger charge is -2.30. The molecule has 1 aliphatic carbocycles. The average molecular weight is 370 g/mol. The summed E-state index contributed by atoms with van der Waals surface area (Å²) in [6.45, 7) is 2.23. The normalized spacial score (nSPS) is 20.2. The van der Waals surface area contributed by atoms with Gasteiger partial charge in [-0.05, 0) is 55.2 Å². The Bertz CT molecular complexity index is 553. The third-order valence-corrected chi connectivity index (χ3v) is 5.39. The molecule has 0 aliphatic heterocycles. The number of thioether (sulfide) groups is 1. The van der Waals surface area contributed by atoms with E-state index in [1.54, 1.807) is 12.1 Å². The van der Waals surface area contributed by atoms with Gasteiger partial charge in [0.2, 0.25) is 5.91 Å². The van der Waals surface area contributed by atoms with Gasteiger partial charge in [0, 0.05) is 23.1 Å². The van der Waals surface area contributed by atoms with Gasteiger partial charge in [-0.25, -0.2) is 4.39 Å². The predicted octanol–water partition coefficient (Wildman–Crippen LogP) is 3.38. The van der Waals surface area contributed by atoms with Crippen molar-refractivity contribution >= 4 is 35.0 Å². The number of halogens is 1. The number of nitrogens with one attached hydrogen (secondary N) is 3. The third kappa shape index (κ3) is 6.65. The lowest BCUT2D eigenvalue weighted by Crippen LogP contribution is -2.51. The number of rotatable bonds is 5. The second kappa shape index (κ2) is 9.84. The quantitative estimate of drug-likeness (QED) is 0.422. The number of hydrogen-bond acceptors (Lipinski definition) is 3. The zero-order valence-corrected chi connectivity index (χ0v) is 15.4. The predicted molar refractivity (Wildman–Crippen MR) is 100 cm³/mol. The summed E-state index contributed by atoms with van der Waals surface area (Å²) in [4.78, 5) is 12.8. The zero-order valence-electron chi connectivity index (χ0n) is 13.8. The number of carbonyl (C=O) groups is 1. The Hall–Kier alpha value is -1.34. The van der Waals surface area contributed by atoms with Gasteiger partial charge in [-0.3, -0.25) is 15.6 Å².